The smallest absolute Gasteiger partial charge is 0.341 e. The highest BCUT2D eigenvalue weighted by molar-refractivity contribution is 5.97. The lowest BCUT2D eigenvalue weighted by Gasteiger charge is -2.24. The van der Waals surface area contributed by atoms with E-state index < -0.39 is 11.4 Å². The molecule has 3 fully saturated rings. The van der Waals surface area contributed by atoms with Crippen LogP contribution in [0.5, 0.6) is 5.75 Å². The van der Waals surface area contributed by atoms with Crippen LogP contribution in [0, 0.1) is 23.2 Å². The molecule has 1 unspecified atom stereocenters. The number of hydrogen-bond donors (Lipinski definition) is 2. The lowest BCUT2D eigenvalue weighted by atomic mass is 10.0. The standard InChI is InChI=1S/C21H24N2O4.C4H8N2/c1-27-20-17(22-9-8-13(10-22)12-2-3-12)7-6-15-18(20)23(14-4-5-14)11-16(19(15)24)21(25)26;5-3-1-2-4-6/h6-7,11-14H,2-5,8-10H2,1H3,(H,25,26);1-3,5H2. The van der Waals surface area contributed by atoms with Gasteiger partial charge in [-0.3, -0.25) is 4.79 Å². The normalized spacial score (nSPS) is 19.7. The summed E-state index contributed by atoms with van der Waals surface area (Å²) in [6.45, 7) is 2.67. The van der Waals surface area contributed by atoms with Crippen LogP contribution in [0.4, 0.5) is 5.69 Å². The van der Waals surface area contributed by atoms with E-state index in [2.05, 4.69) is 4.90 Å². The van der Waals surface area contributed by atoms with Crippen molar-refractivity contribution in [3.8, 4) is 11.8 Å². The minimum atomic E-state index is -1.17. The molecule has 0 amide bonds. The number of aromatic carboxylic acids is 1. The Bertz CT molecular complexity index is 1130. The van der Waals surface area contributed by atoms with E-state index in [4.69, 9.17) is 15.7 Å². The average Bonchev–Trinajstić information content (AvgIpc) is 3.76. The summed E-state index contributed by atoms with van der Waals surface area (Å²) in [6, 6.07) is 5.95. The number of nitrogens with zero attached hydrogens (tertiary/aromatic N) is 3. The Morgan fingerprint density at radius 2 is 2.00 bits per heavy atom. The first kappa shape index (κ1) is 23.1. The van der Waals surface area contributed by atoms with E-state index in [1.54, 1.807) is 13.2 Å². The Balaban J connectivity index is 0.000000385. The molecular weight excluding hydrogens is 420 g/mol. The van der Waals surface area contributed by atoms with Crippen molar-refractivity contribution in [2.24, 2.45) is 17.6 Å². The molecule has 3 N–H and O–H groups in total. The number of fused-ring (bicyclic) bond motifs is 1. The molecule has 0 spiro atoms. The summed E-state index contributed by atoms with van der Waals surface area (Å²) in [5.41, 5.74) is 6.22. The maximum Gasteiger partial charge on any atom is 0.341 e. The second-order valence-electron chi connectivity index (χ2n) is 9.21. The van der Waals surface area contributed by atoms with Gasteiger partial charge in [0.1, 0.15) is 5.56 Å². The van der Waals surface area contributed by atoms with Crippen molar-refractivity contribution in [3.05, 3.63) is 34.1 Å². The maximum absolute atomic E-state index is 12.8. The summed E-state index contributed by atoms with van der Waals surface area (Å²) in [4.78, 5) is 26.7. The van der Waals surface area contributed by atoms with Crippen LogP contribution < -0.4 is 20.8 Å². The molecule has 1 aromatic heterocycles. The average molecular weight is 453 g/mol. The summed E-state index contributed by atoms with van der Waals surface area (Å²) in [7, 11) is 1.64. The number of pyridine rings is 1. The van der Waals surface area contributed by atoms with E-state index >= 15 is 0 Å². The molecule has 1 saturated heterocycles. The highest BCUT2D eigenvalue weighted by atomic mass is 16.5. The third-order valence-corrected chi connectivity index (χ3v) is 6.85. The van der Waals surface area contributed by atoms with E-state index in [0.29, 0.717) is 24.1 Å². The topological polar surface area (TPSA) is 122 Å². The fourth-order valence-electron chi connectivity index (χ4n) is 4.79. The zero-order valence-corrected chi connectivity index (χ0v) is 19.1. The molecule has 2 heterocycles. The summed E-state index contributed by atoms with van der Waals surface area (Å²) >= 11 is 0. The quantitative estimate of drug-likeness (QED) is 0.616. The van der Waals surface area contributed by atoms with Gasteiger partial charge in [0.25, 0.3) is 0 Å². The van der Waals surface area contributed by atoms with Gasteiger partial charge in [0.2, 0.25) is 5.43 Å². The molecule has 1 aromatic carbocycles. The van der Waals surface area contributed by atoms with Crippen LogP contribution >= 0.6 is 0 Å². The van der Waals surface area contributed by atoms with Crippen molar-refractivity contribution < 1.29 is 14.6 Å². The molecule has 176 valence electrons. The van der Waals surface area contributed by atoms with Crippen molar-refractivity contribution in [3.63, 3.8) is 0 Å². The van der Waals surface area contributed by atoms with Gasteiger partial charge < -0.3 is 25.0 Å². The fourth-order valence-corrected chi connectivity index (χ4v) is 4.79. The van der Waals surface area contributed by atoms with E-state index in [0.717, 1.165) is 55.4 Å². The first-order chi connectivity index (χ1) is 16.0. The van der Waals surface area contributed by atoms with Crippen molar-refractivity contribution in [1.29, 1.82) is 5.26 Å². The van der Waals surface area contributed by atoms with Gasteiger partial charge in [-0.25, -0.2) is 4.79 Å². The summed E-state index contributed by atoms with van der Waals surface area (Å²) < 4.78 is 7.76. The molecule has 1 atom stereocenters. The van der Waals surface area contributed by atoms with Crippen molar-refractivity contribution in [2.45, 2.75) is 51.0 Å². The van der Waals surface area contributed by atoms with Crippen molar-refractivity contribution >= 4 is 22.6 Å². The number of ether oxygens (including phenoxy) is 1. The summed E-state index contributed by atoms with van der Waals surface area (Å²) in [5, 5.41) is 17.8. The fraction of sp³-hybridized carbons (Fsp3) is 0.560. The highest BCUT2D eigenvalue weighted by Crippen LogP contribution is 2.46. The number of carboxylic acids is 1. The maximum atomic E-state index is 12.8. The van der Waals surface area contributed by atoms with Crippen molar-refractivity contribution in [1.82, 2.24) is 4.57 Å². The van der Waals surface area contributed by atoms with Crippen LogP contribution in [0.3, 0.4) is 0 Å². The zero-order chi connectivity index (χ0) is 23.5. The Morgan fingerprint density at radius 1 is 1.24 bits per heavy atom. The number of carboxylic acid groups (broad SMARTS) is 1. The number of methoxy groups -OCH3 is 1. The van der Waals surface area contributed by atoms with Crippen LogP contribution in [-0.2, 0) is 0 Å². The van der Waals surface area contributed by atoms with E-state index in [1.165, 1.54) is 25.5 Å². The molecule has 0 radical (unpaired) electrons. The molecular formula is C25H32N4O4. The first-order valence-corrected chi connectivity index (χ1v) is 11.8. The lowest BCUT2D eigenvalue weighted by molar-refractivity contribution is 0.0695. The van der Waals surface area contributed by atoms with Crippen LogP contribution in [0.2, 0.25) is 0 Å². The van der Waals surface area contributed by atoms with E-state index in [9.17, 15) is 14.7 Å². The molecule has 8 heteroatoms. The third-order valence-electron chi connectivity index (χ3n) is 6.85. The van der Waals surface area contributed by atoms with Crippen molar-refractivity contribution in [2.75, 3.05) is 31.6 Å². The number of carbonyl (C=O) groups is 1. The number of anilines is 1. The predicted molar refractivity (Wildman–Crippen MR) is 127 cm³/mol. The van der Waals surface area contributed by atoms with Gasteiger partial charge in [0, 0.05) is 31.7 Å². The van der Waals surface area contributed by atoms with Crippen LogP contribution in [0.1, 0.15) is 61.3 Å². The number of nitrogens with two attached hydrogens (primary N) is 1. The number of nitriles is 1. The summed E-state index contributed by atoms with van der Waals surface area (Å²) in [5.74, 6) is 1.16. The molecule has 8 nitrogen and oxygen atoms in total. The molecule has 3 aliphatic rings. The number of unbranched alkanes of at least 4 members (excludes halogenated alkanes) is 1. The summed E-state index contributed by atoms with van der Waals surface area (Å²) in [6.07, 6.45) is 8.84. The second-order valence-corrected chi connectivity index (χ2v) is 9.21. The molecule has 2 aliphatic carbocycles. The molecule has 2 aromatic rings. The van der Waals surface area contributed by atoms with Gasteiger partial charge in [0.05, 0.1) is 29.8 Å². The van der Waals surface area contributed by atoms with Gasteiger partial charge in [0.15, 0.2) is 5.75 Å². The van der Waals surface area contributed by atoms with Gasteiger partial charge in [-0.15, -0.1) is 0 Å². The monoisotopic (exact) mass is 452 g/mol. The van der Waals surface area contributed by atoms with Crippen LogP contribution in [0.25, 0.3) is 10.9 Å². The Morgan fingerprint density at radius 3 is 2.55 bits per heavy atom. The molecule has 33 heavy (non-hydrogen) atoms. The third kappa shape index (κ3) is 4.83. The lowest BCUT2D eigenvalue weighted by Crippen LogP contribution is -2.23. The number of benzene rings is 1. The van der Waals surface area contributed by atoms with E-state index in [-0.39, 0.29) is 11.6 Å². The van der Waals surface area contributed by atoms with Gasteiger partial charge in [-0.1, -0.05) is 0 Å². The number of rotatable bonds is 7. The predicted octanol–water partition coefficient (Wildman–Crippen LogP) is 3.53. The molecule has 5 rings (SSSR count). The minimum absolute atomic E-state index is 0.167. The Kier molecular flexibility index (Phi) is 6.89. The SMILES string of the molecule is COc1c(N2CCC(C3CC3)C2)ccc2c(=O)c(C(=O)O)cn(C3CC3)c12.N#CCCCN. The van der Waals surface area contributed by atoms with Crippen LogP contribution in [0.15, 0.2) is 23.1 Å². The minimum Gasteiger partial charge on any atom is -0.492 e. The Hall–Kier alpha value is -3.05. The highest BCUT2D eigenvalue weighted by Gasteiger charge is 2.37. The number of hydrogen-bond acceptors (Lipinski definition) is 6. The van der Waals surface area contributed by atoms with Gasteiger partial charge in [-0.2, -0.15) is 5.26 Å². The van der Waals surface area contributed by atoms with Gasteiger partial charge >= 0.3 is 5.97 Å². The molecule has 0 bridgehead atoms. The Labute approximate surface area is 193 Å². The molecule has 2 saturated carbocycles. The second kappa shape index (κ2) is 9.84. The first-order valence-electron chi connectivity index (χ1n) is 11.8. The van der Waals surface area contributed by atoms with Gasteiger partial charge in [-0.05, 0) is 69.0 Å². The largest absolute Gasteiger partial charge is 0.492 e. The van der Waals surface area contributed by atoms with Crippen LogP contribution in [-0.4, -0.2) is 42.4 Å². The number of aromatic nitrogens is 1. The zero-order valence-electron chi connectivity index (χ0n) is 19.1. The van der Waals surface area contributed by atoms with E-state index in [1.807, 2.05) is 16.7 Å². The molecule has 1 aliphatic heterocycles.